The van der Waals surface area contributed by atoms with Crippen LogP contribution in [0.3, 0.4) is 0 Å². The Hall–Kier alpha value is -1.48. The van der Waals surface area contributed by atoms with Gasteiger partial charge < -0.3 is 5.11 Å². The van der Waals surface area contributed by atoms with Gasteiger partial charge in [-0.25, -0.2) is 14.5 Å². The topological polar surface area (TPSA) is 93.8 Å². The molecule has 2 heterocycles. The Kier molecular flexibility index (Phi) is 4.48. The molecule has 0 atom stereocenters. The number of aromatic nitrogens is 5. The van der Waals surface area contributed by atoms with Crippen molar-refractivity contribution in [1.29, 1.82) is 0 Å². The first-order chi connectivity index (χ1) is 9.11. The Morgan fingerprint density at radius 3 is 2.95 bits per heavy atom. The molecular weight excluding hydrogens is 286 g/mol. The lowest BCUT2D eigenvalue weighted by Gasteiger charge is -2.00. The van der Waals surface area contributed by atoms with Gasteiger partial charge in [-0.05, 0) is 23.8 Å². The van der Waals surface area contributed by atoms with Crippen molar-refractivity contribution in [1.82, 2.24) is 25.2 Å². The van der Waals surface area contributed by atoms with Crippen molar-refractivity contribution < 1.29 is 9.90 Å². The molecule has 2 aromatic heterocycles. The minimum Gasteiger partial charge on any atom is -0.477 e. The van der Waals surface area contributed by atoms with Gasteiger partial charge in [-0.2, -0.15) is 0 Å². The number of carbonyl (C=O) groups is 1. The van der Waals surface area contributed by atoms with E-state index < -0.39 is 5.97 Å². The van der Waals surface area contributed by atoms with Crippen LogP contribution in [0.2, 0.25) is 0 Å². The smallest absolute Gasteiger partial charge is 0.347 e. The van der Waals surface area contributed by atoms with Gasteiger partial charge in [-0.1, -0.05) is 18.7 Å². The van der Waals surface area contributed by atoms with Crippen molar-refractivity contribution in [3.63, 3.8) is 0 Å². The highest BCUT2D eigenvalue weighted by Crippen LogP contribution is 2.29. The summed E-state index contributed by atoms with van der Waals surface area (Å²) in [4.78, 5) is 15.4. The molecule has 0 amide bonds. The van der Waals surface area contributed by atoms with Crippen molar-refractivity contribution in [3.8, 4) is 0 Å². The van der Waals surface area contributed by atoms with E-state index in [1.807, 2.05) is 0 Å². The van der Waals surface area contributed by atoms with E-state index in [0.717, 1.165) is 23.1 Å². The first kappa shape index (κ1) is 13.9. The summed E-state index contributed by atoms with van der Waals surface area (Å²) in [5.41, 5.74) is 0.549. The zero-order valence-electron chi connectivity index (χ0n) is 10.5. The summed E-state index contributed by atoms with van der Waals surface area (Å²) in [6.45, 7) is 4.53. The van der Waals surface area contributed by atoms with E-state index in [1.54, 1.807) is 11.6 Å². The lowest BCUT2D eigenvalue weighted by molar-refractivity contribution is 0.0701. The Bertz CT molecular complexity index is 580. The van der Waals surface area contributed by atoms with Crippen molar-refractivity contribution in [3.05, 3.63) is 16.4 Å². The number of nitrogens with zero attached hydrogens (tertiary/aromatic N) is 5. The third kappa shape index (κ3) is 3.29. The average Bonchev–Trinajstić information content (AvgIpc) is 2.94. The number of aryl methyl sites for hydroxylation is 2. The van der Waals surface area contributed by atoms with Gasteiger partial charge >= 0.3 is 5.97 Å². The third-order valence-corrected chi connectivity index (χ3v) is 4.62. The molecule has 2 aromatic rings. The van der Waals surface area contributed by atoms with Crippen LogP contribution in [0.15, 0.2) is 4.34 Å². The summed E-state index contributed by atoms with van der Waals surface area (Å²) in [6.07, 6.45) is 0.961. The van der Waals surface area contributed by atoms with Gasteiger partial charge in [0.05, 0.1) is 11.4 Å². The molecule has 0 aliphatic heterocycles. The predicted octanol–water partition coefficient (Wildman–Crippen LogP) is 1.84. The zero-order valence-corrected chi connectivity index (χ0v) is 12.2. The van der Waals surface area contributed by atoms with Crippen molar-refractivity contribution in [2.45, 2.75) is 36.9 Å². The maximum absolute atomic E-state index is 10.9. The molecule has 0 aromatic carbocycles. The van der Waals surface area contributed by atoms with Crippen molar-refractivity contribution in [2.75, 3.05) is 0 Å². The number of carboxylic acids is 1. The number of rotatable bonds is 6. The standard InChI is InChI=1S/C10H13N5O2S2/c1-3-4-15-7(12-13-14-15)5-18-10-11-6(2)8(19-10)9(16)17/h3-5H2,1-2H3,(H,16,17). The van der Waals surface area contributed by atoms with E-state index in [-0.39, 0.29) is 4.88 Å². The maximum atomic E-state index is 10.9. The summed E-state index contributed by atoms with van der Waals surface area (Å²) >= 11 is 2.63. The highest BCUT2D eigenvalue weighted by atomic mass is 32.2. The number of carboxylic acid groups (broad SMARTS) is 1. The molecule has 102 valence electrons. The average molecular weight is 299 g/mol. The zero-order chi connectivity index (χ0) is 13.8. The van der Waals surface area contributed by atoms with Gasteiger partial charge in [0, 0.05) is 6.54 Å². The monoisotopic (exact) mass is 299 g/mol. The Labute approximate surface area is 118 Å². The van der Waals surface area contributed by atoms with Crippen LogP contribution in [-0.4, -0.2) is 36.3 Å². The van der Waals surface area contributed by atoms with Crippen molar-refractivity contribution in [2.24, 2.45) is 0 Å². The van der Waals surface area contributed by atoms with E-state index in [2.05, 4.69) is 27.4 Å². The van der Waals surface area contributed by atoms with Gasteiger partial charge in [0.1, 0.15) is 4.88 Å². The predicted molar refractivity (Wildman–Crippen MR) is 71.5 cm³/mol. The number of tetrazole rings is 1. The van der Waals surface area contributed by atoms with Crippen LogP contribution >= 0.6 is 23.1 Å². The van der Waals surface area contributed by atoms with Crippen LogP contribution in [0, 0.1) is 6.92 Å². The molecule has 0 aliphatic carbocycles. The van der Waals surface area contributed by atoms with E-state index in [0.29, 0.717) is 11.4 Å². The Balaban J connectivity index is 2.04. The van der Waals surface area contributed by atoms with Crippen LogP contribution < -0.4 is 0 Å². The molecule has 2 rings (SSSR count). The number of thioether (sulfide) groups is 1. The number of thiazole rings is 1. The van der Waals surface area contributed by atoms with Crippen LogP contribution in [0.25, 0.3) is 0 Å². The summed E-state index contributed by atoms with van der Waals surface area (Å²) in [6, 6.07) is 0. The molecule has 0 saturated heterocycles. The van der Waals surface area contributed by atoms with Gasteiger partial charge in [0.15, 0.2) is 10.2 Å². The van der Waals surface area contributed by atoms with E-state index in [9.17, 15) is 4.79 Å². The number of hydrogen-bond acceptors (Lipinski definition) is 7. The van der Waals surface area contributed by atoms with Crippen molar-refractivity contribution >= 4 is 29.1 Å². The van der Waals surface area contributed by atoms with E-state index >= 15 is 0 Å². The minimum atomic E-state index is -0.933. The maximum Gasteiger partial charge on any atom is 0.347 e. The van der Waals surface area contributed by atoms with Crippen LogP contribution in [0.4, 0.5) is 0 Å². The van der Waals surface area contributed by atoms with Gasteiger partial charge in [-0.15, -0.1) is 16.4 Å². The Morgan fingerprint density at radius 2 is 2.32 bits per heavy atom. The molecule has 0 radical (unpaired) electrons. The minimum absolute atomic E-state index is 0.288. The second-order valence-corrected chi connectivity index (χ2v) is 6.03. The quantitative estimate of drug-likeness (QED) is 0.813. The lowest BCUT2D eigenvalue weighted by Crippen LogP contribution is -2.04. The molecule has 0 spiro atoms. The molecule has 0 aliphatic rings. The molecule has 7 nitrogen and oxygen atoms in total. The first-order valence-electron chi connectivity index (χ1n) is 5.70. The van der Waals surface area contributed by atoms with Crippen LogP contribution in [0.1, 0.15) is 34.5 Å². The second-order valence-electron chi connectivity index (χ2n) is 3.81. The molecular formula is C10H13N5O2S2. The fourth-order valence-electron chi connectivity index (χ4n) is 1.47. The molecule has 0 bridgehead atoms. The SMILES string of the molecule is CCCn1nnnc1CSc1nc(C)c(C(=O)O)s1. The highest BCUT2D eigenvalue weighted by Gasteiger charge is 2.15. The fraction of sp³-hybridized carbons (Fsp3) is 0.500. The second kappa shape index (κ2) is 6.11. The summed E-state index contributed by atoms with van der Waals surface area (Å²) in [5.74, 6) is 0.424. The lowest BCUT2D eigenvalue weighted by atomic mass is 10.4. The molecule has 9 heteroatoms. The highest BCUT2D eigenvalue weighted by molar-refractivity contribution is 8.00. The first-order valence-corrected chi connectivity index (χ1v) is 7.50. The van der Waals surface area contributed by atoms with Gasteiger partial charge in [0.2, 0.25) is 0 Å². The normalized spacial score (nSPS) is 10.8. The molecule has 0 fully saturated rings. The number of hydrogen-bond donors (Lipinski definition) is 1. The summed E-state index contributed by atoms with van der Waals surface area (Å²) in [7, 11) is 0. The largest absolute Gasteiger partial charge is 0.477 e. The molecule has 0 unspecified atom stereocenters. The fourth-order valence-corrected chi connectivity index (χ4v) is 3.43. The van der Waals surface area contributed by atoms with Gasteiger partial charge in [0.25, 0.3) is 0 Å². The number of aromatic carboxylic acids is 1. The summed E-state index contributed by atoms with van der Waals surface area (Å²) < 4.78 is 2.48. The Morgan fingerprint density at radius 1 is 1.53 bits per heavy atom. The third-order valence-electron chi connectivity index (χ3n) is 2.34. The van der Waals surface area contributed by atoms with E-state index in [1.165, 1.54) is 23.1 Å². The molecule has 1 N–H and O–H groups in total. The van der Waals surface area contributed by atoms with Crippen LogP contribution in [0.5, 0.6) is 0 Å². The summed E-state index contributed by atoms with van der Waals surface area (Å²) in [5, 5.41) is 20.5. The molecule has 19 heavy (non-hydrogen) atoms. The van der Waals surface area contributed by atoms with E-state index in [4.69, 9.17) is 5.11 Å². The van der Waals surface area contributed by atoms with Crippen LogP contribution in [-0.2, 0) is 12.3 Å². The molecule has 0 saturated carbocycles. The van der Waals surface area contributed by atoms with Gasteiger partial charge in [-0.3, -0.25) is 0 Å².